The molecule has 3 aromatic carbocycles. The molecule has 1 aliphatic heterocycles. The third-order valence-electron chi connectivity index (χ3n) is 5.78. The van der Waals surface area contributed by atoms with Crippen LogP contribution in [0.4, 0.5) is 5.69 Å². The first-order chi connectivity index (χ1) is 14.7. The molecule has 0 unspecified atom stereocenters. The van der Waals surface area contributed by atoms with Gasteiger partial charge < -0.3 is 15.0 Å². The number of nitrogens with zero attached hydrogens (tertiary/aromatic N) is 1. The molecule has 1 aromatic heterocycles. The predicted octanol–water partition coefficient (Wildman–Crippen LogP) is 4.71. The normalized spacial score (nSPS) is 15.0. The van der Waals surface area contributed by atoms with Crippen LogP contribution < -0.4 is 5.32 Å². The molecule has 1 amide bonds. The number of fused-ring (bicyclic) bond motifs is 2. The number of aryl methyl sites for hydroxylation is 1. The summed E-state index contributed by atoms with van der Waals surface area (Å²) in [6, 6.07) is 20.6. The van der Waals surface area contributed by atoms with Crippen LogP contribution in [-0.2, 0) is 11.3 Å². The molecule has 152 valence electrons. The van der Waals surface area contributed by atoms with Gasteiger partial charge in [-0.3, -0.25) is 9.69 Å². The first kappa shape index (κ1) is 18.9. The number of benzene rings is 3. The second kappa shape index (κ2) is 7.94. The topological polar surface area (TPSA) is 57.4 Å². The number of aromatic nitrogens is 1. The van der Waals surface area contributed by atoms with E-state index in [0.29, 0.717) is 5.69 Å². The number of carbonyl (C=O) groups is 1. The van der Waals surface area contributed by atoms with Crippen molar-refractivity contribution in [2.24, 2.45) is 0 Å². The number of amides is 1. The lowest BCUT2D eigenvalue weighted by Gasteiger charge is -2.26. The standard InChI is InChI=1S/C25H25N3O2/c1-17-3-2-4-20-15-23(27-24(17)20)25(29)26-22-8-7-19-6-5-18(13-21(19)14-22)16-28-9-11-30-12-10-28/h2-8,13-15,27H,9-12,16H2,1H3,(H,26,29). The van der Waals surface area contributed by atoms with Gasteiger partial charge in [0.05, 0.1) is 13.2 Å². The van der Waals surface area contributed by atoms with E-state index in [1.807, 2.05) is 43.3 Å². The van der Waals surface area contributed by atoms with Crippen molar-refractivity contribution in [3.8, 4) is 0 Å². The molecule has 0 radical (unpaired) electrons. The molecule has 0 aliphatic carbocycles. The molecule has 5 heteroatoms. The number of morpholine rings is 1. The fourth-order valence-corrected chi connectivity index (χ4v) is 4.12. The second-order valence-corrected chi connectivity index (χ2v) is 7.96. The van der Waals surface area contributed by atoms with Crippen molar-refractivity contribution in [3.63, 3.8) is 0 Å². The zero-order valence-corrected chi connectivity index (χ0v) is 17.1. The molecule has 5 rings (SSSR count). The molecule has 1 saturated heterocycles. The van der Waals surface area contributed by atoms with Crippen LogP contribution in [0.3, 0.4) is 0 Å². The fraction of sp³-hybridized carbons (Fsp3) is 0.240. The quantitative estimate of drug-likeness (QED) is 0.522. The summed E-state index contributed by atoms with van der Waals surface area (Å²) >= 11 is 0. The van der Waals surface area contributed by atoms with Crippen LogP contribution in [0.15, 0.2) is 60.7 Å². The Kier molecular flexibility index (Phi) is 4.99. The van der Waals surface area contributed by atoms with E-state index in [1.165, 1.54) is 10.9 Å². The average molecular weight is 399 g/mol. The Hall–Kier alpha value is -3.15. The number of hydrogen-bond donors (Lipinski definition) is 2. The Morgan fingerprint density at radius 3 is 2.67 bits per heavy atom. The first-order valence-electron chi connectivity index (χ1n) is 10.4. The summed E-state index contributed by atoms with van der Waals surface area (Å²) in [6.45, 7) is 6.51. The molecule has 30 heavy (non-hydrogen) atoms. The van der Waals surface area contributed by atoms with Crippen LogP contribution in [0.25, 0.3) is 21.7 Å². The van der Waals surface area contributed by atoms with Gasteiger partial charge in [0, 0.05) is 36.2 Å². The van der Waals surface area contributed by atoms with Gasteiger partial charge >= 0.3 is 0 Å². The van der Waals surface area contributed by atoms with Crippen LogP contribution in [-0.4, -0.2) is 42.1 Å². The summed E-state index contributed by atoms with van der Waals surface area (Å²) in [7, 11) is 0. The Labute approximate surface area is 175 Å². The number of ether oxygens (including phenoxy) is 1. The molecular weight excluding hydrogens is 374 g/mol. The highest BCUT2D eigenvalue weighted by atomic mass is 16.5. The zero-order valence-electron chi connectivity index (χ0n) is 17.1. The highest BCUT2D eigenvalue weighted by Gasteiger charge is 2.13. The highest BCUT2D eigenvalue weighted by molar-refractivity contribution is 6.07. The summed E-state index contributed by atoms with van der Waals surface area (Å²) in [5, 5.41) is 6.38. The predicted molar refractivity (Wildman–Crippen MR) is 121 cm³/mol. The fourth-order valence-electron chi connectivity index (χ4n) is 4.12. The zero-order chi connectivity index (χ0) is 20.5. The van der Waals surface area contributed by atoms with Crippen LogP contribution in [0.1, 0.15) is 21.6 Å². The van der Waals surface area contributed by atoms with Gasteiger partial charge in [0.1, 0.15) is 5.69 Å². The lowest BCUT2D eigenvalue weighted by molar-refractivity contribution is 0.0342. The molecule has 1 aliphatic rings. The summed E-state index contributed by atoms with van der Waals surface area (Å²) in [4.78, 5) is 18.5. The van der Waals surface area contributed by atoms with E-state index in [0.717, 1.165) is 60.4 Å². The number of para-hydroxylation sites is 1. The minimum absolute atomic E-state index is 0.130. The van der Waals surface area contributed by atoms with Gasteiger partial charge in [-0.2, -0.15) is 0 Å². The van der Waals surface area contributed by atoms with E-state index < -0.39 is 0 Å². The number of rotatable bonds is 4. The van der Waals surface area contributed by atoms with Crippen molar-refractivity contribution in [1.29, 1.82) is 0 Å². The second-order valence-electron chi connectivity index (χ2n) is 7.96. The van der Waals surface area contributed by atoms with Gasteiger partial charge in [0.2, 0.25) is 0 Å². The van der Waals surface area contributed by atoms with Crippen LogP contribution in [0, 0.1) is 6.92 Å². The molecule has 0 saturated carbocycles. The molecule has 5 nitrogen and oxygen atoms in total. The highest BCUT2D eigenvalue weighted by Crippen LogP contribution is 2.23. The van der Waals surface area contributed by atoms with Crippen molar-refractivity contribution >= 4 is 33.3 Å². The number of H-pyrrole nitrogens is 1. The summed E-state index contributed by atoms with van der Waals surface area (Å²) in [6.07, 6.45) is 0. The number of anilines is 1. The van der Waals surface area contributed by atoms with Crippen molar-refractivity contribution in [2.75, 3.05) is 31.6 Å². The Bertz CT molecular complexity index is 1220. The van der Waals surface area contributed by atoms with E-state index in [9.17, 15) is 4.79 Å². The maximum atomic E-state index is 12.8. The monoisotopic (exact) mass is 399 g/mol. The van der Waals surface area contributed by atoms with Crippen LogP contribution >= 0.6 is 0 Å². The van der Waals surface area contributed by atoms with E-state index in [-0.39, 0.29) is 5.91 Å². The molecule has 2 heterocycles. The maximum Gasteiger partial charge on any atom is 0.272 e. The molecule has 2 N–H and O–H groups in total. The van der Waals surface area contributed by atoms with Crippen LogP contribution in [0.2, 0.25) is 0 Å². The number of aromatic amines is 1. The number of nitrogens with one attached hydrogen (secondary N) is 2. The van der Waals surface area contributed by atoms with E-state index in [1.54, 1.807) is 0 Å². The average Bonchev–Trinajstić information content (AvgIpc) is 3.20. The minimum Gasteiger partial charge on any atom is -0.379 e. The van der Waals surface area contributed by atoms with Crippen LogP contribution in [0.5, 0.6) is 0 Å². The van der Waals surface area contributed by atoms with E-state index in [2.05, 4.69) is 39.5 Å². The lowest BCUT2D eigenvalue weighted by Crippen LogP contribution is -2.35. The van der Waals surface area contributed by atoms with Crippen molar-refractivity contribution in [3.05, 3.63) is 77.5 Å². The summed E-state index contributed by atoms with van der Waals surface area (Å²) in [5.74, 6) is -0.130. The molecule has 1 fully saturated rings. The third kappa shape index (κ3) is 3.82. The van der Waals surface area contributed by atoms with Crippen molar-refractivity contribution in [1.82, 2.24) is 9.88 Å². The van der Waals surface area contributed by atoms with Gasteiger partial charge in [0.25, 0.3) is 5.91 Å². The largest absolute Gasteiger partial charge is 0.379 e. The SMILES string of the molecule is Cc1cccc2cc(C(=O)Nc3ccc4ccc(CN5CCOCC5)cc4c3)[nH]c12. The van der Waals surface area contributed by atoms with Gasteiger partial charge in [0.15, 0.2) is 0 Å². The summed E-state index contributed by atoms with van der Waals surface area (Å²) < 4.78 is 5.44. The smallest absolute Gasteiger partial charge is 0.272 e. The van der Waals surface area contributed by atoms with Gasteiger partial charge in [-0.05, 0) is 53.1 Å². The van der Waals surface area contributed by atoms with E-state index >= 15 is 0 Å². The molecular formula is C25H25N3O2. The molecule has 4 aromatic rings. The third-order valence-corrected chi connectivity index (χ3v) is 5.78. The summed E-state index contributed by atoms with van der Waals surface area (Å²) in [5.41, 5.74) is 4.78. The molecule has 0 spiro atoms. The van der Waals surface area contributed by atoms with E-state index in [4.69, 9.17) is 4.74 Å². The van der Waals surface area contributed by atoms with Gasteiger partial charge in [-0.25, -0.2) is 0 Å². The van der Waals surface area contributed by atoms with Crippen molar-refractivity contribution in [2.45, 2.75) is 13.5 Å². The molecule has 0 atom stereocenters. The van der Waals surface area contributed by atoms with Gasteiger partial charge in [-0.1, -0.05) is 36.4 Å². The maximum absolute atomic E-state index is 12.8. The minimum atomic E-state index is -0.130. The number of hydrogen-bond acceptors (Lipinski definition) is 3. The first-order valence-corrected chi connectivity index (χ1v) is 10.4. The number of carbonyl (C=O) groups excluding carboxylic acids is 1. The molecule has 0 bridgehead atoms. The Morgan fingerprint density at radius 2 is 1.83 bits per heavy atom. The lowest BCUT2D eigenvalue weighted by atomic mass is 10.1. The Morgan fingerprint density at radius 1 is 1.00 bits per heavy atom. The van der Waals surface area contributed by atoms with Gasteiger partial charge in [-0.15, -0.1) is 0 Å². The Balaban J connectivity index is 1.36. The van der Waals surface area contributed by atoms with Crippen molar-refractivity contribution < 1.29 is 9.53 Å².